The Morgan fingerprint density at radius 3 is 2.55 bits per heavy atom. The lowest BCUT2D eigenvalue weighted by atomic mass is 10.1. The molecule has 4 rings (SSSR count). The van der Waals surface area contributed by atoms with Crippen LogP contribution in [0.25, 0.3) is 11.0 Å². The van der Waals surface area contributed by atoms with Crippen LogP contribution in [-0.2, 0) is 22.5 Å². The molecule has 0 radical (unpaired) electrons. The average Bonchev–Trinajstić information content (AvgIpc) is 3.06. The summed E-state index contributed by atoms with van der Waals surface area (Å²) in [5.41, 5.74) is 2.02. The summed E-state index contributed by atoms with van der Waals surface area (Å²) in [6, 6.07) is 11.1. The van der Waals surface area contributed by atoms with Gasteiger partial charge in [-0.05, 0) is 42.7 Å². The van der Waals surface area contributed by atoms with E-state index in [1.54, 1.807) is 13.2 Å². The lowest BCUT2D eigenvalue weighted by Gasteiger charge is -2.12. The molecule has 0 saturated heterocycles. The third kappa shape index (κ3) is 4.42. The van der Waals surface area contributed by atoms with Gasteiger partial charge in [0, 0.05) is 37.3 Å². The minimum absolute atomic E-state index is 0.139. The van der Waals surface area contributed by atoms with Gasteiger partial charge in [-0.25, -0.2) is 9.59 Å². The van der Waals surface area contributed by atoms with Crippen LogP contribution in [0.5, 0.6) is 0 Å². The molecule has 33 heavy (non-hydrogen) atoms. The Kier molecular flexibility index (Phi) is 6.37. The molecule has 0 bridgehead atoms. The number of nitrogens with zero attached hydrogens (tertiary/aromatic N) is 1. The molecule has 0 atom stereocenters. The van der Waals surface area contributed by atoms with E-state index in [0.29, 0.717) is 29.6 Å². The molecule has 1 aromatic heterocycles. The minimum Gasteiger partial charge on any atom is -0.457 e. The van der Waals surface area contributed by atoms with Gasteiger partial charge in [-0.2, -0.15) is 0 Å². The fourth-order valence-corrected chi connectivity index (χ4v) is 3.83. The number of amides is 2. The molecule has 0 unspecified atom stereocenters. The summed E-state index contributed by atoms with van der Waals surface area (Å²) < 4.78 is 15.7. The van der Waals surface area contributed by atoms with Crippen LogP contribution < -0.4 is 5.63 Å². The Labute approximate surface area is 189 Å². The van der Waals surface area contributed by atoms with E-state index in [1.807, 2.05) is 19.1 Å². The van der Waals surface area contributed by atoms with Gasteiger partial charge in [0.2, 0.25) is 0 Å². The van der Waals surface area contributed by atoms with Crippen LogP contribution in [0.15, 0.2) is 51.7 Å². The number of benzene rings is 2. The average molecular weight is 449 g/mol. The second-order valence-corrected chi connectivity index (χ2v) is 7.72. The smallest absolute Gasteiger partial charge is 0.338 e. The van der Waals surface area contributed by atoms with Crippen LogP contribution in [0.3, 0.4) is 0 Å². The fraction of sp³-hybridized carbons (Fsp3) is 0.280. The van der Waals surface area contributed by atoms with Crippen molar-refractivity contribution in [3.05, 3.63) is 80.7 Å². The maximum Gasteiger partial charge on any atom is 0.338 e. The number of carbonyl (C=O) groups excluding carboxylic acids is 3. The number of carbonyl (C=O) groups is 3. The monoisotopic (exact) mass is 449 g/mol. The molecule has 8 nitrogen and oxygen atoms in total. The summed E-state index contributed by atoms with van der Waals surface area (Å²) in [7, 11) is 1.55. The Morgan fingerprint density at radius 2 is 1.79 bits per heavy atom. The zero-order valence-electron chi connectivity index (χ0n) is 18.4. The lowest BCUT2D eigenvalue weighted by molar-refractivity contribution is 0.0473. The van der Waals surface area contributed by atoms with Gasteiger partial charge in [-0.3, -0.25) is 14.5 Å². The van der Waals surface area contributed by atoms with Crippen molar-refractivity contribution in [1.82, 2.24) is 4.90 Å². The van der Waals surface area contributed by atoms with Gasteiger partial charge in [0.1, 0.15) is 12.2 Å². The number of aryl methyl sites for hydroxylation is 1. The van der Waals surface area contributed by atoms with Crippen LogP contribution in [0, 0.1) is 0 Å². The highest BCUT2D eigenvalue weighted by Crippen LogP contribution is 2.25. The molecule has 2 aromatic carbocycles. The van der Waals surface area contributed by atoms with E-state index < -0.39 is 17.5 Å². The summed E-state index contributed by atoms with van der Waals surface area (Å²) in [4.78, 5) is 50.9. The Morgan fingerprint density at radius 1 is 1.00 bits per heavy atom. The van der Waals surface area contributed by atoms with E-state index >= 15 is 0 Å². The summed E-state index contributed by atoms with van der Waals surface area (Å²) in [5.74, 6) is -1.50. The molecule has 0 fully saturated rings. The quantitative estimate of drug-likeness (QED) is 0.225. The van der Waals surface area contributed by atoms with Gasteiger partial charge < -0.3 is 13.9 Å². The normalized spacial score (nSPS) is 13.0. The highest BCUT2D eigenvalue weighted by molar-refractivity contribution is 6.21. The first-order valence-corrected chi connectivity index (χ1v) is 10.6. The zero-order valence-corrected chi connectivity index (χ0v) is 18.4. The van der Waals surface area contributed by atoms with E-state index in [0.717, 1.165) is 16.9 Å². The van der Waals surface area contributed by atoms with Crippen molar-refractivity contribution in [2.45, 2.75) is 26.4 Å². The van der Waals surface area contributed by atoms with Crippen LogP contribution in [0.1, 0.15) is 55.5 Å². The van der Waals surface area contributed by atoms with Gasteiger partial charge in [-0.1, -0.05) is 19.1 Å². The van der Waals surface area contributed by atoms with Crippen molar-refractivity contribution in [3.63, 3.8) is 0 Å². The van der Waals surface area contributed by atoms with E-state index in [9.17, 15) is 19.2 Å². The number of esters is 1. The third-order valence-electron chi connectivity index (χ3n) is 5.60. The summed E-state index contributed by atoms with van der Waals surface area (Å²) in [6.07, 6.45) is 1.32. The van der Waals surface area contributed by atoms with Crippen molar-refractivity contribution < 1.29 is 28.3 Å². The van der Waals surface area contributed by atoms with Crippen LogP contribution in [-0.4, -0.2) is 42.9 Å². The first kappa shape index (κ1) is 22.4. The van der Waals surface area contributed by atoms with Crippen LogP contribution >= 0.6 is 0 Å². The highest BCUT2D eigenvalue weighted by atomic mass is 16.5. The largest absolute Gasteiger partial charge is 0.457 e. The highest BCUT2D eigenvalue weighted by Gasteiger charge is 2.35. The summed E-state index contributed by atoms with van der Waals surface area (Å²) >= 11 is 0. The van der Waals surface area contributed by atoms with Crippen molar-refractivity contribution >= 4 is 28.8 Å². The maximum absolute atomic E-state index is 12.7. The number of imide groups is 1. The zero-order chi connectivity index (χ0) is 23.5. The number of rotatable bonds is 8. The lowest BCUT2D eigenvalue weighted by Crippen LogP contribution is -2.31. The van der Waals surface area contributed by atoms with Gasteiger partial charge in [0.25, 0.3) is 11.8 Å². The van der Waals surface area contributed by atoms with E-state index in [-0.39, 0.29) is 35.7 Å². The number of ether oxygens (including phenoxy) is 2. The van der Waals surface area contributed by atoms with Gasteiger partial charge in [-0.15, -0.1) is 0 Å². The second kappa shape index (κ2) is 9.38. The van der Waals surface area contributed by atoms with E-state index in [4.69, 9.17) is 13.9 Å². The molecule has 1 aliphatic rings. The molecule has 3 aromatic rings. The molecule has 8 heteroatoms. The predicted octanol–water partition coefficient (Wildman–Crippen LogP) is 3.34. The molecule has 170 valence electrons. The van der Waals surface area contributed by atoms with E-state index in [2.05, 4.69) is 0 Å². The van der Waals surface area contributed by atoms with Crippen molar-refractivity contribution in [2.24, 2.45) is 0 Å². The number of hydrogen-bond acceptors (Lipinski definition) is 7. The van der Waals surface area contributed by atoms with Crippen molar-refractivity contribution in [1.29, 1.82) is 0 Å². The summed E-state index contributed by atoms with van der Waals surface area (Å²) in [5, 5.41) is 0.682. The predicted molar refractivity (Wildman–Crippen MR) is 119 cm³/mol. The molecule has 0 N–H and O–H groups in total. The standard InChI is InChI=1S/C25H23NO7/c1-3-15-5-7-18-17(13-22(27)33-21(18)11-15)14-32-25(30)16-6-8-19-20(12-16)24(29)26(23(19)28)9-4-10-31-2/h5-8,11-13H,3-4,9-10,14H2,1-2H3. The minimum atomic E-state index is -0.664. The van der Waals surface area contributed by atoms with Gasteiger partial charge in [0.15, 0.2) is 0 Å². The number of methoxy groups -OCH3 is 1. The van der Waals surface area contributed by atoms with Crippen LogP contribution in [0.2, 0.25) is 0 Å². The molecule has 0 spiro atoms. The molecule has 2 amide bonds. The second-order valence-electron chi connectivity index (χ2n) is 7.72. The summed E-state index contributed by atoms with van der Waals surface area (Å²) in [6.45, 7) is 2.53. The molecule has 1 aliphatic heterocycles. The molecule has 2 heterocycles. The Bertz CT molecular complexity index is 1310. The topological polar surface area (TPSA) is 103 Å². The molecule has 0 saturated carbocycles. The SMILES string of the molecule is CCc1ccc2c(COC(=O)c3ccc4c(c3)C(=O)N(CCCOC)C4=O)cc(=O)oc2c1. The first-order chi connectivity index (χ1) is 15.9. The van der Waals surface area contributed by atoms with Crippen molar-refractivity contribution in [3.8, 4) is 0 Å². The van der Waals surface area contributed by atoms with E-state index in [1.165, 1.54) is 24.3 Å². The fourth-order valence-electron chi connectivity index (χ4n) is 3.83. The number of hydrogen-bond donors (Lipinski definition) is 0. The van der Waals surface area contributed by atoms with Gasteiger partial charge >= 0.3 is 11.6 Å². The molecular weight excluding hydrogens is 426 g/mol. The third-order valence-corrected chi connectivity index (χ3v) is 5.60. The maximum atomic E-state index is 12.7. The van der Waals surface area contributed by atoms with Gasteiger partial charge in [0.05, 0.1) is 16.7 Å². The molecule has 0 aliphatic carbocycles. The van der Waals surface area contributed by atoms with Crippen LogP contribution in [0.4, 0.5) is 0 Å². The van der Waals surface area contributed by atoms with Crippen molar-refractivity contribution in [2.75, 3.05) is 20.3 Å². The first-order valence-electron chi connectivity index (χ1n) is 10.6. The Balaban J connectivity index is 1.52. The number of fused-ring (bicyclic) bond motifs is 2. The molecular formula is C25H23NO7. The Hall–Kier alpha value is -3.78.